The Morgan fingerprint density at radius 2 is 0.960 bits per heavy atom. The molecule has 0 aromatic heterocycles. The molecule has 2 rings (SSSR count). The summed E-state index contributed by atoms with van der Waals surface area (Å²) in [7, 11) is -2.45. The van der Waals surface area contributed by atoms with Crippen molar-refractivity contribution < 1.29 is 10.2 Å². The molecule has 0 saturated carbocycles. The summed E-state index contributed by atoms with van der Waals surface area (Å²) in [5.41, 5.74) is 2.51. The van der Waals surface area contributed by atoms with Crippen LogP contribution in [-0.2, 0) is 0 Å². The van der Waals surface area contributed by atoms with Gasteiger partial charge in [-0.3, -0.25) is 0 Å². The Morgan fingerprint density at radius 3 is 1.24 bits per heavy atom. The summed E-state index contributed by atoms with van der Waals surface area (Å²) in [6.45, 7) is 7.10. The van der Waals surface area contributed by atoms with Crippen LogP contribution in [0.3, 0.4) is 0 Å². The number of aliphatic hydroxyl groups is 2. The molecule has 0 saturated heterocycles. The monoisotopic (exact) mass is 352 g/mol. The summed E-state index contributed by atoms with van der Waals surface area (Å²) in [5, 5.41) is 23.0. The van der Waals surface area contributed by atoms with Crippen molar-refractivity contribution >= 4 is 18.4 Å². The van der Waals surface area contributed by atoms with Crippen LogP contribution in [0.2, 0.25) is 0 Å². The Hall–Kier alpha value is -1.94. The quantitative estimate of drug-likeness (QED) is 0.785. The lowest BCUT2D eigenvalue weighted by atomic mass is 10.1. The Bertz CT molecular complexity index is 655. The van der Waals surface area contributed by atoms with Crippen molar-refractivity contribution in [1.29, 1.82) is 0 Å². The Morgan fingerprint density at radius 1 is 0.640 bits per heavy atom. The normalized spacial score (nSPS) is 13.7. The van der Waals surface area contributed by atoms with Crippen LogP contribution in [0, 0.1) is 0 Å². The average molecular weight is 353 g/mol. The molecule has 0 heterocycles. The molecular formula is C22H28O2Si. The predicted octanol–water partition coefficient (Wildman–Crippen LogP) is 2.98. The number of hydrogen-bond donors (Lipinski definition) is 2. The Labute approximate surface area is 152 Å². The van der Waals surface area contributed by atoms with Gasteiger partial charge in [-0.05, 0) is 38.1 Å². The second-order valence-corrected chi connectivity index (χ2v) is 11.1. The summed E-state index contributed by atoms with van der Waals surface area (Å²) < 4.78 is 0. The molecule has 0 aliphatic heterocycles. The molecule has 3 heteroatoms. The first-order valence-corrected chi connectivity index (χ1v) is 10.7. The lowest BCUT2D eigenvalue weighted by molar-refractivity contribution is 0.133. The third-order valence-electron chi connectivity index (χ3n) is 4.01. The maximum absolute atomic E-state index is 10.3. The molecule has 0 radical (unpaired) electrons. The van der Waals surface area contributed by atoms with Gasteiger partial charge < -0.3 is 10.2 Å². The van der Waals surface area contributed by atoms with Crippen molar-refractivity contribution in [1.82, 2.24) is 0 Å². The molecule has 0 spiro atoms. The highest BCUT2D eigenvalue weighted by Crippen LogP contribution is 2.16. The molecule has 0 atom stereocenters. The molecule has 0 fully saturated rings. The van der Waals surface area contributed by atoms with Crippen molar-refractivity contribution in [3.8, 4) is 0 Å². The highest BCUT2D eigenvalue weighted by molar-refractivity contribution is 7.09. The summed E-state index contributed by atoms with van der Waals surface area (Å²) in [5.74, 6) is 0. The molecule has 2 nitrogen and oxygen atoms in total. The highest BCUT2D eigenvalue weighted by Gasteiger charge is 2.33. The first kappa shape index (κ1) is 19.4. The molecule has 0 aliphatic carbocycles. The first-order chi connectivity index (χ1) is 11.6. The molecule has 0 bridgehead atoms. The smallest absolute Gasteiger partial charge is 0.164 e. The standard InChI is InChI=1S/C22H28O2Si/c1-21(2,23)15-17-25(18-16-22(3,4)24,19-11-7-5-8-12-19)20-13-9-6-10-14-20/h5-18,23-24H,1-4H3/b17-15+,18-16+. The van der Waals surface area contributed by atoms with E-state index < -0.39 is 19.3 Å². The fourth-order valence-electron chi connectivity index (χ4n) is 2.71. The van der Waals surface area contributed by atoms with Gasteiger partial charge >= 0.3 is 0 Å². The van der Waals surface area contributed by atoms with Crippen molar-refractivity contribution in [3.63, 3.8) is 0 Å². The van der Waals surface area contributed by atoms with E-state index in [-0.39, 0.29) is 0 Å². The van der Waals surface area contributed by atoms with Gasteiger partial charge in [0.1, 0.15) is 0 Å². The molecule has 2 N–H and O–H groups in total. The van der Waals surface area contributed by atoms with Crippen LogP contribution in [0.25, 0.3) is 0 Å². The molecule has 25 heavy (non-hydrogen) atoms. The Balaban J connectivity index is 2.74. The maximum Gasteiger partial charge on any atom is 0.164 e. The summed E-state index contributed by atoms with van der Waals surface area (Å²) in [6, 6.07) is 20.7. The minimum atomic E-state index is -2.45. The van der Waals surface area contributed by atoms with E-state index in [1.54, 1.807) is 27.7 Å². The zero-order valence-corrected chi connectivity index (χ0v) is 16.5. The topological polar surface area (TPSA) is 40.5 Å². The van der Waals surface area contributed by atoms with E-state index in [0.29, 0.717) is 0 Å². The van der Waals surface area contributed by atoms with Crippen LogP contribution < -0.4 is 10.4 Å². The molecule has 132 valence electrons. The van der Waals surface area contributed by atoms with Gasteiger partial charge in [0.25, 0.3) is 0 Å². The second-order valence-electron chi connectivity index (χ2n) is 7.58. The van der Waals surface area contributed by atoms with Gasteiger partial charge in [0.05, 0.1) is 11.2 Å². The number of benzene rings is 2. The summed E-state index contributed by atoms with van der Waals surface area (Å²) >= 11 is 0. The van der Waals surface area contributed by atoms with Crippen molar-refractivity contribution in [2.75, 3.05) is 0 Å². The SMILES string of the molecule is CC(C)(O)/C=C/[Si](/C=C/C(C)(C)O)(c1ccccc1)c1ccccc1. The van der Waals surface area contributed by atoms with Crippen molar-refractivity contribution in [3.05, 3.63) is 84.2 Å². The number of rotatable bonds is 6. The van der Waals surface area contributed by atoms with Gasteiger partial charge in [0.15, 0.2) is 8.07 Å². The van der Waals surface area contributed by atoms with Gasteiger partial charge in [-0.25, -0.2) is 0 Å². The molecule has 0 unspecified atom stereocenters. The van der Waals surface area contributed by atoms with Crippen LogP contribution in [-0.4, -0.2) is 29.5 Å². The van der Waals surface area contributed by atoms with Crippen molar-refractivity contribution in [2.24, 2.45) is 0 Å². The van der Waals surface area contributed by atoms with Crippen LogP contribution >= 0.6 is 0 Å². The minimum Gasteiger partial charge on any atom is -0.386 e. The molecule has 2 aromatic carbocycles. The second kappa shape index (κ2) is 7.52. The van der Waals surface area contributed by atoms with E-state index in [4.69, 9.17) is 0 Å². The molecule has 0 amide bonds. The van der Waals surface area contributed by atoms with Gasteiger partial charge in [0, 0.05) is 0 Å². The van der Waals surface area contributed by atoms with Crippen LogP contribution in [0.4, 0.5) is 0 Å². The largest absolute Gasteiger partial charge is 0.386 e. The number of hydrogen-bond acceptors (Lipinski definition) is 2. The van der Waals surface area contributed by atoms with Crippen LogP contribution in [0.15, 0.2) is 84.2 Å². The van der Waals surface area contributed by atoms with E-state index in [0.717, 1.165) is 0 Å². The van der Waals surface area contributed by atoms with Gasteiger partial charge in [-0.15, -0.1) is 0 Å². The summed E-state index contributed by atoms with van der Waals surface area (Å²) in [6.07, 6.45) is 3.74. The van der Waals surface area contributed by atoms with Gasteiger partial charge in [-0.2, -0.15) is 0 Å². The fraction of sp³-hybridized carbons (Fsp3) is 0.273. The third-order valence-corrected chi connectivity index (χ3v) is 7.97. The van der Waals surface area contributed by atoms with Crippen LogP contribution in [0.1, 0.15) is 27.7 Å². The van der Waals surface area contributed by atoms with Gasteiger partial charge in [0.2, 0.25) is 0 Å². The first-order valence-electron chi connectivity index (χ1n) is 8.59. The molecular weight excluding hydrogens is 324 g/mol. The zero-order chi connectivity index (χ0) is 18.6. The lowest BCUT2D eigenvalue weighted by Gasteiger charge is -2.29. The molecule has 2 aromatic rings. The van der Waals surface area contributed by atoms with E-state index in [2.05, 4.69) is 35.7 Å². The lowest BCUT2D eigenvalue weighted by Crippen LogP contribution is -2.56. The van der Waals surface area contributed by atoms with Gasteiger partial charge in [-0.1, -0.05) is 84.2 Å². The third kappa shape index (κ3) is 5.53. The average Bonchev–Trinajstić information content (AvgIpc) is 2.55. The van der Waals surface area contributed by atoms with E-state index >= 15 is 0 Å². The van der Waals surface area contributed by atoms with E-state index in [9.17, 15) is 10.2 Å². The Kier molecular flexibility index (Phi) is 5.83. The van der Waals surface area contributed by atoms with E-state index in [1.807, 2.05) is 48.6 Å². The molecule has 0 aliphatic rings. The van der Waals surface area contributed by atoms with Crippen LogP contribution in [0.5, 0.6) is 0 Å². The highest BCUT2D eigenvalue weighted by atomic mass is 28.3. The van der Waals surface area contributed by atoms with Crippen molar-refractivity contribution in [2.45, 2.75) is 38.9 Å². The zero-order valence-electron chi connectivity index (χ0n) is 15.5. The predicted molar refractivity (Wildman–Crippen MR) is 109 cm³/mol. The fourth-order valence-corrected chi connectivity index (χ4v) is 6.75. The van der Waals surface area contributed by atoms with E-state index in [1.165, 1.54) is 10.4 Å². The maximum atomic E-state index is 10.3. The summed E-state index contributed by atoms with van der Waals surface area (Å²) in [4.78, 5) is 0. The minimum absolute atomic E-state index is 0.898.